The molecule has 1 rings (SSSR count). The van der Waals surface area contributed by atoms with E-state index in [0.717, 1.165) is 0 Å². The average molecular weight is 164 g/mol. The van der Waals surface area contributed by atoms with Gasteiger partial charge in [-0.25, -0.2) is 13.2 Å². The van der Waals surface area contributed by atoms with Gasteiger partial charge >= 0.3 is 0 Å². The summed E-state index contributed by atoms with van der Waals surface area (Å²) in [6.45, 7) is -3.02. The van der Waals surface area contributed by atoms with Crippen LogP contribution in [0.15, 0.2) is 12.1 Å². The molecule has 4 heteroatoms. The van der Waals surface area contributed by atoms with Crippen molar-refractivity contribution in [3.05, 3.63) is 35.1 Å². The van der Waals surface area contributed by atoms with E-state index in [1.165, 1.54) is 0 Å². The zero-order chi connectivity index (χ0) is 10.2. The molecular weight excluding hydrogens is 157 g/mol. The van der Waals surface area contributed by atoms with Gasteiger partial charge in [-0.2, -0.15) is 0 Å². The number of aliphatic hydroxyl groups is 1. The lowest BCUT2D eigenvalue weighted by Crippen LogP contribution is -1.96. The second-order valence-electron chi connectivity index (χ2n) is 1.83. The molecule has 11 heavy (non-hydrogen) atoms. The molecule has 0 amide bonds. The number of hydrogen-bond donors (Lipinski definition) is 1. The molecule has 0 unspecified atom stereocenters. The maximum atomic E-state index is 12.7. The molecule has 0 atom stereocenters. The predicted octanol–water partition coefficient (Wildman–Crippen LogP) is 1.60. The molecule has 60 valence electrons. The summed E-state index contributed by atoms with van der Waals surface area (Å²) in [5.74, 6) is -4.94. The Bertz CT molecular complexity index is 335. The van der Waals surface area contributed by atoms with Gasteiger partial charge in [0.1, 0.15) is 0 Å². The average Bonchev–Trinajstić information content (AvgIpc) is 1.98. The SMILES string of the molecule is [2H]C([2H])(O)c1ccc(F)c(F)c1F. The quantitative estimate of drug-likeness (QED) is 0.625. The number of halogens is 3. The highest BCUT2D eigenvalue weighted by atomic mass is 19.2. The standard InChI is InChI=1S/C7H5F3O/c8-5-2-1-4(3-11)6(9)7(5)10/h1-2,11H,3H2/i3D2. The summed E-state index contributed by atoms with van der Waals surface area (Å²) in [5, 5.41) is 8.69. The lowest BCUT2D eigenvalue weighted by Gasteiger charge is -1.99. The fraction of sp³-hybridized carbons (Fsp3) is 0.143. The van der Waals surface area contributed by atoms with Gasteiger partial charge in [-0.05, 0) is 6.07 Å². The van der Waals surface area contributed by atoms with Crippen LogP contribution in [0.4, 0.5) is 13.2 Å². The first-order valence-electron chi connectivity index (χ1n) is 3.70. The second-order valence-corrected chi connectivity index (χ2v) is 1.83. The van der Waals surface area contributed by atoms with Crippen LogP contribution in [0.3, 0.4) is 0 Å². The van der Waals surface area contributed by atoms with E-state index in [2.05, 4.69) is 0 Å². The Balaban J connectivity index is 3.35. The van der Waals surface area contributed by atoms with Crippen molar-refractivity contribution >= 4 is 0 Å². The van der Waals surface area contributed by atoms with Crippen molar-refractivity contribution < 1.29 is 21.0 Å². The van der Waals surface area contributed by atoms with Gasteiger partial charge in [0.15, 0.2) is 17.5 Å². The normalized spacial score (nSPS) is 14.2. The van der Waals surface area contributed by atoms with E-state index in [9.17, 15) is 13.2 Å². The summed E-state index contributed by atoms with van der Waals surface area (Å²) >= 11 is 0. The van der Waals surface area contributed by atoms with E-state index in [1.807, 2.05) is 0 Å². The minimum atomic E-state index is -3.02. The fourth-order valence-electron chi connectivity index (χ4n) is 0.612. The van der Waals surface area contributed by atoms with Crippen LogP contribution in [-0.4, -0.2) is 5.11 Å². The third kappa shape index (κ3) is 1.35. The lowest BCUT2D eigenvalue weighted by atomic mass is 10.2. The van der Waals surface area contributed by atoms with E-state index in [0.29, 0.717) is 12.1 Å². The summed E-state index contributed by atoms with van der Waals surface area (Å²) in [4.78, 5) is 0. The van der Waals surface area contributed by atoms with Crippen LogP contribution in [-0.2, 0) is 6.56 Å². The van der Waals surface area contributed by atoms with Gasteiger partial charge in [0.05, 0.1) is 9.30 Å². The molecule has 1 N–H and O–H groups in total. The predicted molar refractivity (Wildman–Crippen MR) is 32.2 cm³/mol. The van der Waals surface area contributed by atoms with Gasteiger partial charge in [-0.15, -0.1) is 0 Å². The molecule has 0 saturated carbocycles. The molecular formula is C7H5F3O. The van der Waals surface area contributed by atoms with Crippen molar-refractivity contribution in [2.24, 2.45) is 0 Å². The molecule has 0 aliphatic carbocycles. The zero-order valence-electron chi connectivity index (χ0n) is 7.24. The third-order valence-electron chi connectivity index (χ3n) is 1.16. The van der Waals surface area contributed by atoms with Crippen molar-refractivity contribution in [2.75, 3.05) is 0 Å². The molecule has 0 bridgehead atoms. The third-order valence-corrected chi connectivity index (χ3v) is 1.16. The second kappa shape index (κ2) is 2.92. The van der Waals surface area contributed by atoms with Crippen LogP contribution in [0.25, 0.3) is 0 Å². The van der Waals surface area contributed by atoms with Crippen LogP contribution < -0.4 is 0 Å². The first kappa shape index (κ1) is 5.60. The van der Waals surface area contributed by atoms with Gasteiger partial charge < -0.3 is 5.11 Å². The summed E-state index contributed by atoms with van der Waals surface area (Å²) in [5.41, 5.74) is -0.925. The van der Waals surface area contributed by atoms with Crippen molar-refractivity contribution in [2.45, 2.75) is 6.56 Å². The Morgan fingerprint density at radius 3 is 2.45 bits per heavy atom. The summed E-state index contributed by atoms with van der Waals surface area (Å²) in [6, 6.07) is 1.19. The lowest BCUT2D eigenvalue weighted by molar-refractivity contribution is 0.272. The monoisotopic (exact) mass is 164 g/mol. The van der Waals surface area contributed by atoms with Crippen molar-refractivity contribution in [1.82, 2.24) is 0 Å². The Hall–Kier alpha value is -1.03. The van der Waals surface area contributed by atoms with Crippen LogP contribution in [0, 0.1) is 17.5 Å². The van der Waals surface area contributed by atoms with Gasteiger partial charge in [0.2, 0.25) is 0 Å². The zero-order valence-corrected chi connectivity index (χ0v) is 5.24. The summed E-state index contributed by atoms with van der Waals surface area (Å²) in [7, 11) is 0. The highest BCUT2D eigenvalue weighted by Gasteiger charge is 2.11. The van der Waals surface area contributed by atoms with Crippen molar-refractivity contribution in [3.63, 3.8) is 0 Å². The Morgan fingerprint density at radius 1 is 1.27 bits per heavy atom. The number of benzene rings is 1. The minimum Gasteiger partial charge on any atom is -0.392 e. The van der Waals surface area contributed by atoms with Crippen LogP contribution in [0.2, 0.25) is 0 Å². The number of rotatable bonds is 1. The molecule has 0 saturated heterocycles. The first-order valence-corrected chi connectivity index (χ1v) is 2.70. The van der Waals surface area contributed by atoms with Crippen molar-refractivity contribution in [1.29, 1.82) is 0 Å². The van der Waals surface area contributed by atoms with Crippen LogP contribution in [0.5, 0.6) is 0 Å². The number of hydrogen-bond acceptors (Lipinski definition) is 1. The van der Waals surface area contributed by atoms with Crippen molar-refractivity contribution in [3.8, 4) is 0 Å². The molecule has 0 aromatic heterocycles. The molecule has 0 spiro atoms. The molecule has 0 radical (unpaired) electrons. The van der Waals surface area contributed by atoms with Crippen LogP contribution in [0.1, 0.15) is 8.30 Å². The molecule has 1 aromatic rings. The molecule has 0 aliphatic heterocycles. The van der Waals surface area contributed by atoms with Gasteiger partial charge in [-0.1, -0.05) is 6.07 Å². The van der Waals surface area contributed by atoms with E-state index in [-0.39, 0.29) is 0 Å². The fourth-order valence-corrected chi connectivity index (χ4v) is 0.612. The molecule has 0 aliphatic rings. The highest BCUT2D eigenvalue weighted by molar-refractivity contribution is 5.19. The van der Waals surface area contributed by atoms with E-state index in [1.54, 1.807) is 0 Å². The van der Waals surface area contributed by atoms with Gasteiger partial charge in [-0.3, -0.25) is 0 Å². The first-order chi connectivity index (χ1) is 5.84. The molecule has 1 nitrogen and oxygen atoms in total. The minimum absolute atomic E-state index is 0.543. The van der Waals surface area contributed by atoms with E-state index >= 15 is 0 Å². The molecule has 1 aromatic carbocycles. The summed E-state index contributed by atoms with van der Waals surface area (Å²) < 4.78 is 50.9. The maximum Gasteiger partial charge on any atom is 0.194 e. The smallest absolute Gasteiger partial charge is 0.194 e. The van der Waals surface area contributed by atoms with Gasteiger partial charge in [0.25, 0.3) is 0 Å². The maximum absolute atomic E-state index is 12.7. The van der Waals surface area contributed by atoms with Gasteiger partial charge in [0, 0.05) is 5.56 Å². The largest absolute Gasteiger partial charge is 0.392 e. The topological polar surface area (TPSA) is 20.2 Å². The Labute approximate surface area is 63.9 Å². The molecule has 0 fully saturated rings. The van der Waals surface area contributed by atoms with E-state index < -0.39 is 29.6 Å². The molecule has 0 heterocycles. The van der Waals surface area contributed by atoms with E-state index in [4.69, 9.17) is 7.85 Å². The Kier molecular flexibility index (Phi) is 1.49. The highest BCUT2D eigenvalue weighted by Crippen LogP contribution is 2.14. The summed E-state index contributed by atoms with van der Waals surface area (Å²) in [6.07, 6.45) is 0. The van der Waals surface area contributed by atoms with Crippen LogP contribution >= 0.6 is 0 Å². The Morgan fingerprint density at radius 2 is 1.91 bits per heavy atom.